The summed E-state index contributed by atoms with van der Waals surface area (Å²) in [7, 11) is 0. The van der Waals surface area contributed by atoms with Crippen LogP contribution in [-0.4, -0.2) is 48.2 Å². The summed E-state index contributed by atoms with van der Waals surface area (Å²) in [6.07, 6.45) is 1.91. The molecular weight excluding hydrogens is 318 g/mol. The third-order valence-corrected chi connectivity index (χ3v) is 5.60. The highest BCUT2D eigenvalue weighted by Gasteiger charge is 2.64. The fourth-order valence-electron chi connectivity index (χ4n) is 4.30. The van der Waals surface area contributed by atoms with E-state index in [0.717, 1.165) is 25.9 Å². The van der Waals surface area contributed by atoms with Gasteiger partial charge in [0.15, 0.2) is 11.6 Å². The Labute approximate surface area is 148 Å². The number of rotatable bonds is 4. The first-order valence-electron chi connectivity index (χ1n) is 9.18. The van der Waals surface area contributed by atoms with Gasteiger partial charge in [0.25, 0.3) is 0 Å². The number of Topliss-reactive ketones (excluding diaryl/α,β-unsaturated/α-hetero) is 1. The van der Waals surface area contributed by atoms with Crippen LogP contribution in [0.15, 0.2) is 30.3 Å². The highest BCUT2D eigenvalue weighted by atomic mass is 16.7. The molecule has 1 saturated carbocycles. The second-order valence-electron chi connectivity index (χ2n) is 7.76. The van der Waals surface area contributed by atoms with Gasteiger partial charge in [-0.2, -0.15) is 0 Å². The van der Waals surface area contributed by atoms with E-state index in [1.54, 1.807) is 0 Å². The largest absolute Gasteiger partial charge is 0.348 e. The molecule has 4 atom stereocenters. The van der Waals surface area contributed by atoms with E-state index in [4.69, 9.17) is 9.47 Å². The number of nitrogens with zero attached hydrogens (tertiary/aromatic N) is 1. The Morgan fingerprint density at radius 2 is 1.76 bits per heavy atom. The lowest BCUT2D eigenvalue weighted by Crippen LogP contribution is -2.31. The van der Waals surface area contributed by atoms with Crippen LogP contribution < -0.4 is 0 Å². The summed E-state index contributed by atoms with van der Waals surface area (Å²) in [5, 5.41) is 0. The van der Waals surface area contributed by atoms with Crippen LogP contribution in [0.4, 0.5) is 0 Å². The summed E-state index contributed by atoms with van der Waals surface area (Å²) >= 11 is 0. The van der Waals surface area contributed by atoms with Gasteiger partial charge in [0.05, 0.1) is 18.6 Å². The van der Waals surface area contributed by atoms with Crippen molar-refractivity contribution in [3.05, 3.63) is 35.9 Å². The minimum absolute atomic E-state index is 0.0523. The molecule has 134 valence electrons. The van der Waals surface area contributed by atoms with E-state index < -0.39 is 5.79 Å². The van der Waals surface area contributed by atoms with Crippen molar-refractivity contribution in [2.75, 3.05) is 19.7 Å². The van der Waals surface area contributed by atoms with E-state index in [2.05, 4.69) is 0 Å². The minimum Gasteiger partial charge on any atom is -0.348 e. The molecule has 0 aromatic heterocycles. The molecule has 0 radical (unpaired) electrons. The molecule has 3 fully saturated rings. The van der Waals surface area contributed by atoms with Crippen molar-refractivity contribution in [3.8, 4) is 0 Å². The molecule has 25 heavy (non-hydrogen) atoms. The first kappa shape index (κ1) is 16.7. The number of likely N-dealkylation sites (tertiary alicyclic amines) is 1. The van der Waals surface area contributed by atoms with Crippen LogP contribution in [0.5, 0.6) is 0 Å². The van der Waals surface area contributed by atoms with Crippen LogP contribution in [0.2, 0.25) is 0 Å². The summed E-state index contributed by atoms with van der Waals surface area (Å²) in [5.41, 5.74) is 0.674. The van der Waals surface area contributed by atoms with Crippen molar-refractivity contribution in [1.29, 1.82) is 0 Å². The van der Waals surface area contributed by atoms with Crippen molar-refractivity contribution >= 4 is 11.7 Å². The van der Waals surface area contributed by atoms with Gasteiger partial charge in [0.1, 0.15) is 0 Å². The Balaban J connectivity index is 1.56. The lowest BCUT2D eigenvalue weighted by atomic mass is 10.0. The molecule has 1 aliphatic carbocycles. The Bertz CT molecular complexity index is 666. The fourth-order valence-corrected chi connectivity index (χ4v) is 4.30. The normalized spacial score (nSPS) is 33.4. The predicted octanol–water partition coefficient (Wildman–Crippen LogP) is 2.51. The van der Waals surface area contributed by atoms with E-state index in [-0.39, 0.29) is 35.5 Å². The molecule has 0 spiro atoms. The van der Waals surface area contributed by atoms with Crippen LogP contribution in [0.25, 0.3) is 0 Å². The van der Waals surface area contributed by atoms with Crippen molar-refractivity contribution in [2.45, 2.75) is 38.6 Å². The number of ether oxygens (including phenoxy) is 2. The summed E-state index contributed by atoms with van der Waals surface area (Å²) in [6.45, 7) is 5.81. The van der Waals surface area contributed by atoms with Crippen LogP contribution in [0, 0.1) is 17.8 Å². The zero-order valence-corrected chi connectivity index (χ0v) is 14.8. The molecule has 1 amide bonds. The predicted molar refractivity (Wildman–Crippen MR) is 92.0 cm³/mol. The first-order valence-corrected chi connectivity index (χ1v) is 9.18. The first-order chi connectivity index (χ1) is 12.0. The maximum Gasteiger partial charge on any atom is 0.226 e. The quantitative estimate of drug-likeness (QED) is 0.788. The number of benzene rings is 1. The molecule has 3 aliphatic rings. The lowest BCUT2D eigenvalue weighted by Gasteiger charge is -2.18. The van der Waals surface area contributed by atoms with Gasteiger partial charge in [-0.25, -0.2) is 0 Å². The molecular formula is C20H25NO4. The highest BCUT2D eigenvalue weighted by molar-refractivity contribution is 6.04. The van der Waals surface area contributed by atoms with E-state index in [0.29, 0.717) is 12.2 Å². The van der Waals surface area contributed by atoms with Gasteiger partial charge in [-0.15, -0.1) is 0 Å². The molecule has 0 N–H and O–H groups in total. The Kier molecular flexibility index (Phi) is 4.16. The molecule has 1 aromatic carbocycles. The smallest absolute Gasteiger partial charge is 0.226 e. The zero-order valence-electron chi connectivity index (χ0n) is 14.8. The van der Waals surface area contributed by atoms with Crippen molar-refractivity contribution in [3.63, 3.8) is 0 Å². The molecule has 0 bridgehead atoms. The fraction of sp³-hybridized carbons (Fsp3) is 0.600. The van der Waals surface area contributed by atoms with Gasteiger partial charge >= 0.3 is 0 Å². The van der Waals surface area contributed by atoms with Gasteiger partial charge in [-0.05, 0) is 26.7 Å². The SMILES string of the molecule is CC1(C)OC[C@@H]([C@@H]2[C@@H](C(=O)c3ccccc3)[C@@H]2C(=O)N2CCCC2)O1. The van der Waals surface area contributed by atoms with Gasteiger partial charge in [0.2, 0.25) is 5.91 Å². The van der Waals surface area contributed by atoms with Crippen LogP contribution in [0.1, 0.15) is 37.0 Å². The Morgan fingerprint density at radius 3 is 2.36 bits per heavy atom. The number of carbonyl (C=O) groups is 2. The Morgan fingerprint density at radius 1 is 1.08 bits per heavy atom. The zero-order chi connectivity index (χ0) is 17.6. The molecule has 2 aliphatic heterocycles. The highest BCUT2D eigenvalue weighted by Crippen LogP contribution is 2.54. The number of hydrogen-bond donors (Lipinski definition) is 0. The van der Waals surface area contributed by atoms with E-state index in [1.165, 1.54) is 0 Å². The molecule has 0 unspecified atom stereocenters. The van der Waals surface area contributed by atoms with E-state index >= 15 is 0 Å². The molecule has 4 rings (SSSR count). The number of ketones is 1. The second kappa shape index (κ2) is 6.22. The summed E-state index contributed by atoms with van der Waals surface area (Å²) < 4.78 is 11.7. The summed E-state index contributed by atoms with van der Waals surface area (Å²) in [6, 6.07) is 9.26. The molecule has 5 nitrogen and oxygen atoms in total. The van der Waals surface area contributed by atoms with Crippen molar-refractivity contribution < 1.29 is 19.1 Å². The van der Waals surface area contributed by atoms with Gasteiger partial charge in [-0.1, -0.05) is 30.3 Å². The third-order valence-electron chi connectivity index (χ3n) is 5.60. The van der Waals surface area contributed by atoms with Gasteiger partial charge in [-0.3, -0.25) is 9.59 Å². The van der Waals surface area contributed by atoms with Crippen LogP contribution >= 0.6 is 0 Å². The maximum atomic E-state index is 13.0. The standard InChI is InChI=1S/C20H25NO4/c1-20(2)24-12-14(25-20)15-16(18(22)13-8-4-3-5-9-13)17(15)19(23)21-10-6-7-11-21/h3-5,8-9,14-17H,6-7,10-12H2,1-2H3/t14-,15+,16+,17+/m0/s1. The lowest BCUT2D eigenvalue weighted by molar-refractivity contribution is -0.143. The molecule has 2 heterocycles. The number of carbonyl (C=O) groups excluding carboxylic acids is 2. The summed E-state index contributed by atoms with van der Waals surface area (Å²) in [4.78, 5) is 27.9. The summed E-state index contributed by atoms with van der Waals surface area (Å²) in [5.74, 6) is -1.12. The average Bonchev–Trinajstić information content (AvgIpc) is 2.94. The Hall–Kier alpha value is -1.72. The topological polar surface area (TPSA) is 55.8 Å². The van der Waals surface area contributed by atoms with Crippen molar-refractivity contribution in [1.82, 2.24) is 4.90 Å². The molecule has 5 heteroatoms. The third kappa shape index (κ3) is 3.11. The molecule has 2 saturated heterocycles. The monoisotopic (exact) mass is 343 g/mol. The minimum atomic E-state index is -0.644. The van der Waals surface area contributed by atoms with E-state index in [1.807, 2.05) is 49.1 Å². The van der Waals surface area contributed by atoms with Crippen LogP contribution in [0.3, 0.4) is 0 Å². The number of amides is 1. The van der Waals surface area contributed by atoms with Gasteiger partial charge < -0.3 is 14.4 Å². The number of hydrogen-bond acceptors (Lipinski definition) is 4. The molecule has 1 aromatic rings. The second-order valence-corrected chi connectivity index (χ2v) is 7.76. The van der Waals surface area contributed by atoms with Crippen molar-refractivity contribution in [2.24, 2.45) is 17.8 Å². The van der Waals surface area contributed by atoms with Gasteiger partial charge in [0, 0.05) is 30.5 Å². The average molecular weight is 343 g/mol. The maximum absolute atomic E-state index is 13.0. The van der Waals surface area contributed by atoms with Crippen LogP contribution in [-0.2, 0) is 14.3 Å². The van der Waals surface area contributed by atoms with E-state index in [9.17, 15) is 9.59 Å².